The fourth-order valence-electron chi connectivity index (χ4n) is 4.91. The van der Waals surface area contributed by atoms with Gasteiger partial charge in [-0.05, 0) is 76.8 Å². The van der Waals surface area contributed by atoms with Gasteiger partial charge in [0.1, 0.15) is 0 Å². The summed E-state index contributed by atoms with van der Waals surface area (Å²) >= 11 is 1.58. The molecule has 1 unspecified atom stereocenters. The Morgan fingerprint density at radius 3 is 2.79 bits per heavy atom. The summed E-state index contributed by atoms with van der Waals surface area (Å²) in [6, 6.07) is 16.9. The van der Waals surface area contributed by atoms with Crippen LogP contribution in [0.15, 0.2) is 58.6 Å². The molecule has 0 saturated carbocycles. The third kappa shape index (κ3) is 3.04. The van der Waals surface area contributed by atoms with E-state index in [1.807, 2.05) is 42.3 Å². The van der Waals surface area contributed by atoms with E-state index in [0.29, 0.717) is 12.5 Å². The molecule has 0 bridgehead atoms. The first-order chi connectivity index (χ1) is 14.1. The summed E-state index contributed by atoms with van der Waals surface area (Å²) in [5.41, 5.74) is 3.75. The van der Waals surface area contributed by atoms with Crippen LogP contribution in [-0.4, -0.2) is 44.1 Å². The second-order valence-corrected chi connectivity index (χ2v) is 9.15. The molecular weight excluding hydrogens is 382 g/mol. The summed E-state index contributed by atoms with van der Waals surface area (Å²) < 4.78 is 1.77. The molecule has 5 rings (SSSR count). The van der Waals surface area contributed by atoms with Crippen LogP contribution in [0.1, 0.15) is 37.3 Å². The molecule has 1 amide bonds. The lowest BCUT2D eigenvalue weighted by Crippen LogP contribution is -2.56. The standard InChI is InChI=1S/C22H23N5OS/c1-22-13-12-20(28)26(2)19(22)11-8-15-14-17(9-10-18(15)22)29-21-23-24-25-27(21)16-6-4-3-5-7-16/h3-7,9-10,14,19H,8,11-13H2,1-2H3/t19?,22-/m1/s1. The predicted molar refractivity (Wildman–Crippen MR) is 111 cm³/mol. The predicted octanol–water partition coefficient (Wildman–Crippen LogP) is 3.64. The lowest BCUT2D eigenvalue weighted by molar-refractivity contribution is -0.138. The highest BCUT2D eigenvalue weighted by Gasteiger charge is 2.46. The van der Waals surface area contributed by atoms with Gasteiger partial charge in [-0.1, -0.05) is 31.2 Å². The molecule has 6 nitrogen and oxygen atoms in total. The van der Waals surface area contributed by atoms with Gasteiger partial charge in [0.15, 0.2) is 0 Å². The van der Waals surface area contributed by atoms with Gasteiger partial charge in [0, 0.05) is 29.8 Å². The molecule has 2 aromatic carbocycles. The molecule has 0 radical (unpaired) electrons. The van der Waals surface area contributed by atoms with Gasteiger partial charge in [0.25, 0.3) is 0 Å². The number of tetrazole rings is 1. The molecule has 1 fully saturated rings. The van der Waals surface area contributed by atoms with Crippen molar-refractivity contribution in [3.63, 3.8) is 0 Å². The minimum Gasteiger partial charge on any atom is -0.342 e. The fourth-order valence-corrected chi connectivity index (χ4v) is 5.76. The van der Waals surface area contributed by atoms with Gasteiger partial charge in [-0.15, -0.1) is 5.10 Å². The second-order valence-electron chi connectivity index (χ2n) is 8.11. The average Bonchev–Trinajstić information content (AvgIpc) is 3.20. The van der Waals surface area contributed by atoms with Gasteiger partial charge >= 0.3 is 0 Å². The maximum absolute atomic E-state index is 12.2. The number of amides is 1. The van der Waals surface area contributed by atoms with Crippen molar-refractivity contribution < 1.29 is 4.79 Å². The number of aromatic nitrogens is 4. The number of para-hydroxylation sites is 1. The Labute approximate surface area is 174 Å². The first kappa shape index (κ1) is 18.4. The minimum absolute atomic E-state index is 0.0328. The van der Waals surface area contributed by atoms with Crippen molar-refractivity contribution >= 4 is 17.7 Å². The second kappa shape index (κ2) is 6.99. The van der Waals surface area contributed by atoms with E-state index in [9.17, 15) is 4.79 Å². The zero-order chi connectivity index (χ0) is 20.0. The summed E-state index contributed by atoms with van der Waals surface area (Å²) in [4.78, 5) is 15.3. The van der Waals surface area contributed by atoms with Crippen molar-refractivity contribution in [2.45, 2.75) is 54.1 Å². The topological polar surface area (TPSA) is 63.9 Å². The Kier molecular flexibility index (Phi) is 4.42. The third-order valence-electron chi connectivity index (χ3n) is 6.48. The number of aryl methyl sites for hydroxylation is 1. The number of carbonyl (C=O) groups is 1. The normalized spacial score (nSPS) is 23.6. The van der Waals surface area contributed by atoms with E-state index in [0.717, 1.165) is 35.0 Å². The molecule has 1 aliphatic carbocycles. The summed E-state index contributed by atoms with van der Waals surface area (Å²) in [6.07, 6.45) is 3.56. The number of piperidine rings is 1. The molecule has 3 aromatic rings. The molecule has 0 spiro atoms. The molecule has 7 heteroatoms. The van der Waals surface area contributed by atoms with Crippen LogP contribution in [0, 0.1) is 0 Å². The lowest BCUT2D eigenvalue weighted by Gasteiger charge is -2.50. The van der Waals surface area contributed by atoms with Gasteiger partial charge in [-0.3, -0.25) is 4.79 Å². The first-order valence-corrected chi connectivity index (χ1v) is 10.8. The Morgan fingerprint density at radius 2 is 1.97 bits per heavy atom. The van der Waals surface area contributed by atoms with Crippen LogP contribution < -0.4 is 0 Å². The molecule has 2 atom stereocenters. The fraction of sp³-hybridized carbons (Fsp3) is 0.364. The average molecular weight is 406 g/mol. The number of hydrogen-bond acceptors (Lipinski definition) is 5. The monoisotopic (exact) mass is 405 g/mol. The highest BCUT2D eigenvalue weighted by molar-refractivity contribution is 7.99. The van der Waals surface area contributed by atoms with Crippen LogP contribution in [0.25, 0.3) is 5.69 Å². The molecule has 1 aliphatic heterocycles. The van der Waals surface area contributed by atoms with E-state index >= 15 is 0 Å². The van der Waals surface area contributed by atoms with Gasteiger partial charge < -0.3 is 4.90 Å². The highest BCUT2D eigenvalue weighted by atomic mass is 32.2. The molecule has 148 valence electrons. The van der Waals surface area contributed by atoms with E-state index in [1.165, 1.54) is 11.1 Å². The van der Waals surface area contributed by atoms with Crippen molar-refractivity contribution in [2.75, 3.05) is 7.05 Å². The van der Waals surface area contributed by atoms with Crippen molar-refractivity contribution in [1.29, 1.82) is 0 Å². The summed E-state index contributed by atoms with van der Waals surface area (Å²) in [5, 5.41) is 13.0. The number of likely N-dealkylation sites (tertiary alicyclic amines) is 1. The van der Waals surface area contributed by atoms with Gasteiger partial charge in [0.2, 0.25) is 11.1 Å². The van der Waals surface area contributed by atoms with Gasteiger partial charge in [-0.25, -0.2) is 0 Å². The van der Waals surface area contributed by atoms with E-state index in [-0.39, 0.29) is 11.3 Å². The highest BCUT2D eigenvalue weighted by Crippen LogP contribution is 2.46. The van der Waals surface area contributed by atoms with Crippen molar-refractivity contribution in [3.8, 4) is 5.69 Å². The number of nitrogens with zero attached hydrogens (tertiary/aromatic N) is 5. The van der Waals surface area contributed by atoms with Crippen LogP contribution in [0.3, 0.4) is 0 Å². The van der Waals surface area contributed by atoms with E-state index in [4.69, 9.17) is 0 Å². The maximum Gasteiger partial charge on any atom is 0.222 e. The molecular formula is C22H23N5OS. The Balaban J connectivity index is 1.45. The molecule has 0 N–H and O–H groups in total. The molecule has 1 saturated heterocycles. The quantitative estimate of drug-likeness (QED) is 0.666. The van der Waals surface area contributed by atoms with E-state index < -0.39 is 0 Å². The SMILES string of the molecule is CN1C(=O)CC[C@]2(C)c3ccc(Sc4nnnn4-c4ccccc4)cc3CCC12. The van der Waals surface area contributed by atoms with Gasteiger partial charge in [0.05, 0.1) is 5.69 Å². The Morgan fingerprint density at radius 1 is 1.14 bits per heavy atom. The van der Waals surface area contributed by atoms with Crippen molar-refractivity contribution in [2.24, 2.45) is 0 Å². The largest absolute Gasteiger partial charge is 0.342 e. The lowest BCUT2D eigenvalue weighted by atomic mass is 9.63. The van der Waals surface area contributed by atoms with E-state index in [2.05, 4.69) is 40.6 Å². The molecule has 2 aliphatic rings. The zero-order valence-electron chi connectivity index (χ0n) is 16.6. The van der Waals surface area contributed by atoms with Crippen molar-refractivity contribution in [3.05, 3.63) is 59.7 Å². The molecule has 29 heavy (non-hydrogen) atoms. The van der Waals surface area contributed by atoms with Crippen LogP contribution in [0.4, 0.5) is 0 Å². The van der Waals surface area contributed by atoms with Crippen LogP contribution in [-0.2, 0) is 16.6 Å². The summed E-state index contributed by atoms with van der Waals surface area (Å²) in [6.45, 7) is 2.32. The molecule has 2 heterocycles. The molecule has 1 aromatic heterocycles. The number of likely N-dealkylation sites (N-methyl/N-ethyl adjacent to an activating group) is 1. The summed E-state index contributed by atoms with van der Waals surface area (Å²) in [7, 11) is 1.96. The Hall–Kier alpha value is -2.67. The van der Waals surface area contributed by atoms with Crippen LogP contribution in [0.5, 0.6) is 0 Å². The number of fused-ring (bicyclic) bond motifs is 3. The first-order valence-electron chi connectivity index (χ1n) is 9.97. The van der Waals surface area contributed by atoms with Crippen LogP contribution >= 0.6 is 11.8 Å². The van der Waals surface area contributed by atoms with Crippen LogP contribution in [0.2, 0.25) is 0 Å². The minimum atomic E-state index is 0.0328. The third-order valence-corrected chi connectivity index (χ3v) is 7.41. The zero-order valence-corrected chi connectivity index (χ0v) is 17.4. The van der Waals surface area contributed by atoms with Crippen molar-refractivity contribution in [1.82, 2.24) is 25.1 Å². The number of hydrogen-bond donors (Lipinski definition) is 0. The summed E-state index contributed by atoms with van der Waals surface area (Å²) in [5.74, 6) is 0.274. The van der Waals surface area contributed by atoms with Gasteiger partial charge in [-0.2, -0.15) is 4.68 Å². The number of carbonyl (C=O) groups excluding carboxylic acids is 1. The van der Waals surface area contributed by atoms with E-state index in [1.54, 1.807) is 16.4 Å². The Bertz CT molecular complexity index is 1070. The number of rotatable bonds is 3. The maximum atomic E-state index is 12.2. The smallest absolute Gasteiger partial charge is 0.222 e. The number of benzene rings is 2.